The van der Waals surface area contributed by atoms with Gasteiger partial charge in [0.15, 0.2) is 9.76 Å². The normalized spacial score (nSPS) is 11.4. The molecule has 3 nitrogen and oxygen atoms in total. The summed E-state index contributed by atoms with van der Waals surface area (Å²) in [6, 6.07) is 1.27. The van der Waals surface area contributed by atoms with Crippen LogP contribution in [0.15, 0.2) is 18.7 Å². The maximum Gasteiger partial charge on any atom is 0.161 e. The topological polar surface area (TPSA) is 27.1 Å². The highest BCUT2D eigenvalue weighted by Crippen LogP contribution is 1.95. The molecule has 0 amide bonds. The van der Waals surface area contributed by atoms with E-state index >= 15 is 0 Å². The fourth-order valence-corrected chi connectivity index (χ4v) is 1.98. The van der Waals surface area contributed by atoms with E-state index in [1.54, 1.807) is 0 Å². The van der Waals surface area contributed by atoms with E-state index in [1.165, 1.54) is 12.5 Å². The Kier molecular flexibility index (Phi) is 4.71. The number of aromatic nitrogens is 2. The van der Waals surface area contributed by atoms with Gasteiger partial charge in [0.1, 0.15) is 0 Å². The van der Waals surface area contributed by atoms with Gasteiger partial charge in [-0.15, -0.1) is 0 Å². The lowest BCUT2D eigenvalue weighted by Crippen LogP contribution is -2.00. The molecule has 1 aromatic rings. The number of rotatable bonds is 6. The fourth-order valence-electron chi connectivity index (χ4n) is 1.06. The Bertz CT molecular complexity index is 189. The van der Waals surface area contributed by atoms with Crippen molar-refractivity contribution in [2.75, 3.05) is 6.61 Å². The zero-order chi connectivity index (χ0) is 8.65. The molecule has 0 radical (unpaired) electrons. The van der Waals surface area contributed by atoms with Crippen molar-refractivity contribution in [3.05, 3.63) is 18.7 Å². The Morgan fingerprint density at radius 2 is 2.50 bits per heavy atom. The number of nitrogens with zero attached hydrogens (tertiary/aromatic N) is 2. The summed E-state index contributed by atoms with van der Waals surface area (Å²) < 4.78 is 7.48. The quantitative estimate of drug-likeness (QED) is 0.483. The smallest absolute Gasteiger partial charge is 0.161 e. The second kappa shape index (κ2) is 5.96. The maximum atomic E-state index is 5.37. The van der Waals surface area contributed by atoms with Crippen LogP contribution in [0.4, 0.5) is 0 Å². The molecule has 0 unspecified atom stereocenters. The molecule has 0 aliphatic rings. The van der Waals surface area contributed by atoms with E-state index in [-0.39, 0.29) is 9.76 Å². The van der Waals surface area contributed by atoms with E-state index in [4.69, 9.17) is 4.43 Å². The molecular weight excluding hydrogens is 168 g/mol. The lowest BCUT2D eigenvalue weighted by Gasteiger charge is -2.01. The van der Waals surface area contributed by atoms with Crippen molar-refractivity contribution in [2.45, 2.75) is 25.9 Å². The van der Waals surface area contributed by atoms with Crippen LogP contribution < -0.4 is 0 Å². The fraction of sp³-hybridized carbons (Fsp3) is 0.625. The largest absolute Gasteiger partial charge is 0.424 e. The molecule has 68 valence electrons. The van der Waals surface area contributed by atoms with Crippen molar-refractivity contribution in [1.82, 2.24) is 9.55 Å². The van der Waals surface area contributed by atoms with Gasteiger partial charge in [-0.2, -0.15) is 0 Å². The van der Waals surface area contributed by atoms with Crippen LogP contribution in [0, 0.1) is 0 Å². The molecular formula is C8H16N2OSi. The molecule has 0 atom stereocenters. The highest BCUT2D eigenvalue weighted by atomic mass is 28.2. The molecule has 0 spiro atoms. The van der Waals surface area contributed by atoms with Gasteiger partial charge in [-0.1, -0.05) is 0 Å². The molecule has 0 bridgehead atoms. The first kappa shape index (κ1) is 9.47. The molecule has 4 heteroatoms. The molecule has 0 fully saturated rings. The third kappa shape index (κ3) is 3.68. The highest BCUT2D eigenvalue weighted by Gasteiger charge is 1.91. The van der Waals surface area contributed by atoms with Crippen LogP contribution in [0.5, 0.6) is 0 Å². The van der Waals surface area contributed by atoms with Gasteiger partial charge in [0.05, 0.1) is 6.33 Å². The molecule has 1 rings (SSSR count). The average Bonchev–Trinajstić information content (AvgIpc) is 2.57. The third-order valence-electron chi connectivity index (χ3n) is 1.72. The first-order valence-corrected chi connectivity index (χ1v) is 6.04. The van der Waals surface area contributed by atoms with Crippen LogP contribution in [0.25, 0.3) is 0 Å². The minimum atomic E-state index is -0.222. The standard InChI is InChI=1S/C8H16N2OSi/c1-2-11-12-7-3-5-10-6-4-9-8-10/h4,6,8H,2-3,5,7,12H2,1H3. The van der Waals surface area contributed by atoms with E-state index in [1.807, 2.05) is 18.7 Å². The van der Waals surface area contributed by atoms with Crippen molar-refractivity contribution in [3.8, 4) is 0 Å². The van der Waals surface area contributed by atoms with E-state index in [0.717, 1.165) is 13.2 Å². The molecule has 1 aromatic heterocycles. The molecule has 0 aliphatic heterocycles. The summed E-state index contributed by atoms with van der Waals surface area (Å²) in [5.41, 5.74) is 0. The SMILES string of the molecule is CCO[SiH2]CCCn1ccnc1. The molecule has 0 aromatic carbocycles. The third-order valence-corrected chi connectivity index (χ3v) is 3.20. The predicted octanol–water partition coefficient (Wildman–Crippen LogP) is 0.812. The van der Waals surface area contributed by atoms with E-state index in [2.05, 4.69) is 16.5 Å². The van der Waals surface area contributed by atoms with Crippen LogP contribution in [-0.4, -0.2) is 25.9 Å². The number of hydrogen-bond acceptors (Lipinski definition) is 2. The van der Waals surface area contributed by atoms with Crippen LogP contribution in [0.3, 0.4) is 0 Å². The Balaban J connectivity index is 1.96. The minimum Gasteiger partial charge on any atom is -0.424 e. The minimum absolute atomic E-state index is 0.222. The summed E-state index contributed by atoms with van der Waals surface area (Å²) in [6.45, 7) is 4.03. The van der Waals surface area contributed by atoms with Gasteiger partial charge in [0, 0.05) is 25.5 Å². The molecule has 0 saturated carbocycles. The zero-order valence-corrected chi connectivity index (χ0v) is 8.98. The van der Waals surface area contributed by atoms with Gasteiger partial charge in [-0.05, 0) is 19.4 Å². The summed E-state index contributed by atoms with van der Waals surface area (Å²) in [7, 11) is -0.222. The average molecular weight is 184 g/mol. The first-order chi connectivity index (χ1) is 5.93. The van der Waals surface area contributed by atoms with Gasteiger partial charge >= 0.3 is 0 Å². The molecule has 0 aliphatic carbocycles. The maximum absolute atomic E-state index is 5.37. The zero-order valence-electron chi connectivity index (χ0n) is 7.57. The van der Waals surface area contributed by atoms with E-state index in [0.29, 0.717) is 0 Å². The first-order valence-electron chi connectivity index (χ1n) is 4.47. The van der Waals surface area contributed by atoms with Gasteiger partial charge in [-0.25, -0.2) is 4.98 Å². The van der Waals surface area contributed by atoms with Crippen molar-refractivity contribution in [2.24, 2.45) is 0 Å². The van der Waals surface area contributed by atoms with Crippen molar-refractivity contribution < 1.29 is 4.43 Å². The van der Waals surface area contributed by atoms with E-state index < -0.39 is 0 Å². The number of imidazole rings is 1. The molecule has 1 heterocycles. The lowest BCUT2D eigenvalue weighted by atomic mass is 10.5. The summed E-state index contributed by atoms with van der Waals surface area (Å²) in [5.74, 6) is 0. The Morgan fingerprint density at radius 3 is 3.17 bits per heavy atom. The lowest BCUT2D eigenvalue weighted by molar-refractivity contribution is 0.358. The van der Waals surface area contributed by atoms with Gasteiger partial charge in [-0.3, -0.25) is 0 Å². The van der Waals surface area contributed by atoms with Crippen LogP contribution in [-0.2, 0) is 11.0 Å². The Hall–Kier alpha value is -0.613. The second-order valence-corrected chi connectivity index (χ2v) is 4.23. The summed E-state index contributed by atoms with van der Waals surface area (Å²) in [5, 5.41) is 0. The van der Waals surface area contributed by atoms with Gasteiger partial charge in [0.2, 0.25) is 0 Å². The number of aryl methyl sites for hydroxylation is 1. The van der Waals surface area contributed by atoms with Gasteiger partial charge in [0.25, 0.3) is 0 Å². The van der Waals surface area contributed by atoms with Crippen molar-refractivity contribution in [1.29, 1.82) is 0 Å². The highest BCUT2D eigenvalue weighted by molar-refractivity contribution is 6.26. The number of hydrogen-bond donors (Lipinski definition) is 0. The monoisotopic (exact) mass is 184 g/mol. The Morgan fingerprint density at radius 1 is 1.58 bits per heavy atom. The van der Waals surface area contributed by atoms with Gasteiger partial charge < -0.3 is 8.99 Å². The molecule has 0 N–H and O–H groups in total. The van der Waals surface area contributed by atoms with Crippen molar-refractivity contribution in [3.63, 3.8) is 0 Å². The molecule has 12 heavy (non-hydrogen) atoms. The second-order valence-electron chi connectivity index (χ2n) is 2.70. The summed E-state index contributed by atoms with van der Waals surface area (Å²) in [6.07, 6.45) is 6.91. The van der Waals surface area contributed by atoms with E-state index in [9.17, 15) is 0 Å². The van der Waals surface area contributed by atoms with Crippen LogP contribution in [0.1, 0.15) is 13.3 Å². The van der Waals surface area contributed by atoms with Crippen LogP contribution >= 0.6 is 0 Å². The summed E-state index contributed by atoms with van der Waals surface area (Å²) in [4.78, 5) is 3.98. The van der Waals surface area contributed by atoms with Crippen LogP contribution in [0.2, 0.25) is 6.04 Å². The summed E-state index contributed by atoms with van der Waals surface area (Å²) >= 11 is 0. The predicted molar refractivity (Wildman–Crippen MR) is 51.8 cm³/mol. The Labute approximate surface area is 75.7 Å². The van der Waals surface area contributed by atoms with Crippen molar-refractivity contribution >= 4 is 9.76 Å². The molecule has 0 saturated heterocycles.